The number of hydrogen-bond acceptors (Lipinski definition) is 1. The van der Waals surface area contributed by atoms with E-state index in [1.165, 1.54) is 0 Å². The molecule has 0 saturated heterocycles. The molecule has 7 heavy (non-hydrogen) atoms. The van der Waals surface area contributed by atoms with E-state index in [2.05, 4.69) is 0 Å². The molecule has 0 aliphatic carbocycles. The average Bonchev–Trinajstić information content (AvgIpc) is 1.27. The highest BCUT2D eigenvalue weighted by Crippen LogP contribution is 1.97. The van der Waals surface area contributed by atoms with Gasteiger partial charge >= 0.3 is 16.7 Å². The maximum Gasteiger partial charge on any atom is 0.309 e. The lowest BCUT2D eigenvalue weighted by Crippen LogP contribution is -2.13. The van der Waals surface area contributed by atoms with Crippen LogP contribution in [0.4, 0.5) is 0 Å². The molecule has 0 bridgehead atoms. The highest BCUT2D eigenvalue weighted by Gasteiger charge is 2.06. The van der Waals surface area contributed by atoms with Crippen LogP contribution in [0.1, 0.15) is 0 Å². The summed E-state index contributed by atoms with van der Waals surface area (Å²) in [5, 5.41) is 0. The zero-order valence-corrected chi connectivity index (χ0v) is 7.68. The van der Waals surface area contributed by atoms with Gasteiger partial charge in [-0.2, -0.15) is 0 Å². The van der Waals surface area contributed by atoms with Crippen molar-refractivity contribution in [2.75, 3.05) is 0 Å². The fourth-order valence-corrected chi connectivity index (χ4v) is 4.18. The molecule has 42 valence electrons. The molecule has 0 saturated carbocycles. The van der Waals surface area contributed by atoms with Crippen LogP contribution in [0.5, 0.6) is 0 Å². The molecule has 0 rings (SSSR count). The van der Waals surface area contributed by atoms with Crippen molar-refractivity contribution >= 4 is 38.9 Å². The highest BCUT2D eigenvalue weighted by molar-refractivity contribution is 7.11. The molecule has 0 atom stereocenters. The standard InChI is InChI=1S/C2H6Cl2OSi2/c1-6(3)5-7(2)4/h1-2H3. The van der Waals surface area contributed by atoms with Crippen molar-refractivity contribution in [1.29, 1.82) is 0 Å². The van der Waals surface area contributed by atoms with E-state index in [1.54, 1.807) is 0 Å². The van der Waals surface area contributed by atoms with E-state index in [9.17, 15) is 0 Å². The second-order valence-electron chi connectivity index (χ2n) is 1.04. The minimum atomic E-state index is -1.05. The molecule has 0 unspecified atom stereocenters. The Labute approximate surface area is 56.4 Å². The van der Waals surface area contributed by atoms with Crippen LogP contribution in [0.2, 0.25) is 13.1 Å². The first-order valence-electron chi connectivity index (χ1n) is 1.79. The van der Waals surface area contributed by atoms with Gasteiger partial charge in [0.25, 0.3) is 0 Å². The second kappa shape index (κ2) is 3.91. The number of rotatable bonds is 2. The Morgan fingerprint density at radius 3 is 1.43 bits per heavy atom. The Morgan fingerprint density at radius 1 is 1.14 bits per heavy atom. The summed E-state index contributed by atoms with van der Waals surface area (Å²) < 4.78 is 4.98. The summed E-state index contributed by atoms with van der Waals surface area (Å²) in [6.07, 6.45) is 0. The normalized spacial score (nSPS) is 11.1. The van der Waals surface area contributed by atoms with E-state index in [4.69, 9.17) is 26.3 Å². The lowest BCUT2D eigenvalue weighted by molar-refractivity contribution is 0.635. The van der Waals surface area contributed by atoms with Crippen LogP contribution >= 0.6 is 22.2 Å². The molecule has 0 aromatic carbocycles. The van der Waals surface area contributed by atoms with Crippen LogP contribution in [-0.2, 0) is 4.12 Å². The third kappa shape index (κ3) is 6.97. The van der Waals surface area contributed by atoms with Crippen LogP contribution in [0.25, 0.3) is 0 Å². The topological polar surface area (TPSA) is 9.23 Å². The van der Waals surface area contributed by atoms with E-state index in [0.29, 0.717) is 0 Å². The molecule has 1 nitrogen and oxygen atoms in total. The van der Waals surface area contributed by atoms with Crippen molar-refractivity contribution < 1.29 is 4.12 Å². The molecule has 0 fully saturated rings. The fraction of sp³-hybridized carbons (Fsp3) is 1.00. The van der Waals surface area contributed by atoms with Gasteiger partial charge in [0, 0.05) is 0 Å². The lowest BCUT2D eigenvalue weighted by atomic mass is 11.9. The van der Waals surface area contributed by atoms with Crippen LogP contribution in [0.15, 0.2) is 0 Å². The minimum absolute atomic E-state index is 1.05. The van der Waals surface area contributed by atoms with Gasteiger partial charge in [-0.1, -0.05) is 0 Å². The Morgan fingerprint density at radius 2 is 1.43 bits per heavy atom. The maximum atomic E-state index is 5.49. The Kier molecular flexibility index (Phi) is 4.46. The van der Waals surface area contributed by atoms with Crippen LogP contribution < -0.4 is 0 Å². The van der Waals surface area contributed by atoms with E-state index >= 15 is 0 Å². The molecule has 5 heteroatoms. The van der Waals surface area contributed by atoms with Gasteiger partial charge in [0.05, 0.1) is 0 Å². The summed E-state index contributed by atoms with van der Waals surface area (Å²) in [6, 6.07) is 0. The SMILES string of the molecule is C[Si](Cl)O[Si](C)Cl. The van der Waals surface area contributed by atoms with Gasteiger partial charge in [-0.05, 0) is 13.1 Å². The third-order valence-electron chi connectivity index (χ3n) is 0.281. The summed E-state index contributed by atoms with van der Waals surface area (Å²) in [6.45, 7) is 3.70. The highest BCUT2D eigenvalue weighted by atomic mass is 35.6. The van der Waals surface area contributed by atoms with Gasteiger partial charge in [0.1, 0.15) is 0 Å². The van der Waals surface area contributed by atoms with Crippen molar-refractivity contribution in [2.24, 2.45) is 0 Å². The summed E-state index contributed by atoms with van der Waals surface area (Å²) in [5.74, 6) is 0. The largest absolute Gasteiger partial charge is 0.433 e. The first-order valence-corrected chi connectivity index (χ1v) is 7.63. The summed E-state index contributed by atoms with van der Waals surface area (Å²) in [4.78, 5) is 0. The molecule has 2 radical (unpaired) electrons. The second-order valence-corrected chi connectivity index (χ2v) is 6.93. The predicted molar refractivity (Wildman–Crippen MR) is 36.0 cm³/mol. The molecule has 0 aromatic rings. The van der Waals surface area contributed by atoms with E-state index in [-0.39, 0.29) is 0 Å². The molecule has 0 aliphatic rings. The molecule has 0 amide bonds. The monoisotopic (exact) mass is 172 g/mol. The molecule has 0 N–H and O–H groups in total. The van der Waals surface area contributed by atoms with Gasteiger partial charge in [-0.15, -0.1) is 22.2 Å². The van der Waals surface area contributed by atoms with Gasteiger partial charge in [0.15, 0.2) is 0 Å². The Balaban J connectivity index is 2.95. The summed E-state index contributed by atoms with van der Waals surface area (Å²) in [7, 11) is -2.10. The zero-order valence-electron chi connectivity index (χ0n) is 4.16. The summed E-state index contributed by atoms with van der Waals surface area (Å²) >= 11 is 11.0. The van der Waals surface area contributed by atoms with Crippen molar-refractivity contribution in [3.63, 3.8) is 0 Å². The first kappa shape index (κ1) is 7.97. The Hall–Kier alpha value is 0.974. The quantitative estimate of drug-likeness (QED) is 0.456. The van der Waals surface area contributed by atoms with Crippen molar-refractivity contribution in [1.82, 2.24) is 0 Å². The van der Waals surface area contributed by atoms with Gasteiger partial charge in [-0.25, -0.2) is 0 Å². The van der Waals surface area contributed by atoms with E-state index in [0.717, 1.165) is 0 Å². The fourth-order valence-electron chi connectivity index (χ4n) is 0.194. The average molecular weight is 173 g/mol. The van der Waals surface area contributed by atoms with Crippen LogP contribution in [0.3, 0.4) is 0 Å². The molecular weight excluding hydrogens is 167 g/mol. The maximum absolute atomic E-state index is 5.49. The van der Waals surface area contributed by atoms with E-state index in [1.807, 2.05) is 13.1 Å². The zero-order chi connectivity index (χ0) is 5.86. The Bertz CT molecular complexity index is 43.0. The molecule has 0 aromatic heterocycles. The van der Waals surface area contributed by atoms with Crippen molar-refractivity contribution in [2.45, 2.75) is 13.1 Å². The molecule has 0 heterocycles. The number of halogens is 2. The van der Waals surface area contributed by atoms with Crippen molar-refractivity contribution in [3.8, 4) is 0 Å². The van der Waals surface area contributed by atoms with Crippen molar-refractivity contribution in [3.05, 3.63) is 0 Å². The van der Waals surface area contributed by atoms with Gasteiger partial charge in [-0.3, -0.25) is 0 Å². The third-order valence-corrected chi connectivity index (χ3v) is 3.92. The van der Waals surface area contributed by atoms with Crippen LogP contribution in [0, 0.1) is 0 Å². The van der Waals surface area contributed by atoms with Crippen LogP contribution in [-0.4, -0.2) is 16.7 Å². The molecule has 0 spiro atoms. The first-order chi connectivity index (χ1) is 3.13. The lowest BCUT2D eigenvalue weighted by Gasteiger charge is -2.00. The minimum Gasteiger partial charge on any atom is -0.433 e. The van der Waals surface area contributed by atoms with Gasteiger partial charge in [0.2, 0.25) is 0 Å². The molecule has 0 aliphatic heterocycles. The molecular formula is C2H6Cl2OSi2. The predicted octanol–water partition coefficient (Wildman–Crippen LogP) is 1.72. The van der Waals surface area contributed by atoms with E-state index < -0.39 is 16.7 Å². The number of hydrogen-bond donors (Lipinski definition) is 0. The summed E-state index contributed by atoms with van der Waals surface area (Å²) in [5.41, 5.74) is 0. The van der Waals surface area contributed by atoms with Gasteiger partial charge < -0.3 is 4.12 Å². The smallest absolute Gasteiger partial charge is 0.309 e.